The maximum atomic E-state index is 6.28. The number of halogens is 1. The fourth-order valence-electron chi connectivity index (χ4n) is 2.47. The third kappa shape index (κ3) is 4.25. The predicted molar refractivity (Wildman–Crippen MR) is 93.3 cm³/mol. The molecule has 2 aromatic carbocycles. The number of hydrogen-bond acceptors (Lipinski definition) is 1. The van der Waals surface area contributed by atoms with Crippen LogP contribution in [0.3, 0.4) is 0 Å². The average Bonchev–Trinajstić information content (AvgIpc) is 2.49. The summed E-state index contributed by atoms with van der Waals surface area (Å²) in [6.45, 7) is 6.48. The Hall–Kier alpha value is -1.47. The van der Waals surface area contributed by atoms with Crippen LogP contribution >= 0.6 is 11.6 Å². The topological polar surface area (TPSA) is 12.0 Å². The van der Waals surface area contributed by atoms with Crippen molar-refractivity contribution in [1.82, 2.24) is 0 Å². The lowest BCUT2D eigenvalue weighted by molar-refractivity contribution is 0.793. The molecule has 0 bridgehead atoms. The van der Waals surface area contributed by atoms with Crippen molar-refractivity contribution in [3.63, 3.8) is 0 Å². The molecule has 1 unspecified atom stereocenters. The number of aryl methyl sites for hydroxylation is 2. The summed E-state index contributed by atoms with van der Waals surface area (Å²) in [6, 6.07) is 15.1. The molecule has 0 aliphatic heterocycles. The third-order valence-electron chi connectivity index (χ3n) is 3.88. The Morgan fingerprint density at radius 3 is 2.43 bits per heavy atom. The van der Waals surface area contributed by atoms with E-state index in [-0.39, 0.29) is 6.04 Å². The van der Waals surface area contributed by atoms with Crippen molar-refractivity contribution in [2.24, 2.45) is 0 Å². The van der Waals surface area contributed by atoms with Crippen LogP contribution < -0.4 is 5.32 Å². The Labute approximate surface area is 133 Å². The molecule has 0 saturated heterocycles. The first kappa shape index (κ1) is 15.9. The van der Waals surface area contributed by atoms with Gasteiger partial charge in [0.25, 0.3) is 0 Å². The normalized spacial score (nSPS) is 12.2. The molecule has 112 valence electrons. The SMILES string of the molecule is CCCCc1ccc(C(C)Nc2c(C)cccc2Cl)cc1. The summed E-state index contributed by atoms with van der Waals surface area (Å²) in [6.07, 6.45) is 3.67. The van der Waals surface area contributed by atoms with Gasteiger partial charge in [-0.2, -0.15) is 0 Å². The zero-order valence-electron chi connectivity index (χ0n) is 13.1. The minimum absolute atomic E-state index is 0.240. The van der Waals surface area contributed by atoms with Gasteiger partial charge in [-0.3, -0.25) is 0 Å². The molecule has 0 fully saturated rings. The lowest BCUT2D eigenvalue weighted by Gasteiger charge is -2.19. The van der Waals surface area contributed by atoms with Crippen molar-refractivity contribution in [1.29, 1.82) is 0 Å². The van der Waals surface area contributed by atoms with E-state index in [0.29, 0.717) is 0 Å². The van der Waals surface area contributed by atoms with Crippen molar-refractivity contribution < 1.29 is 0 Å². The Balaban J connectivity index is 2.08. The van der Waals surface area contributed by atoms with Gasteiger partial charge < -0.3 is 5.32 Å². The number of anilines is 1. The summed E-state index contributed by atoms with van der Waals surface area (Å²) < 4.78 is 0. The van der Waals surface area contributed by atoms with Crippen LogP contribution in [0.4, 0.5) is 5.69 Å². The summed E-state index contributed by atoms with van der Waals surface area (Å²) >= 11 is 6.28. The largest absolute Gasteiger partial charge is 0.377 e. The second-order valence-corrected chi connectivity index (χ2v) is 6.05. The molecule has 2 aromatic rings. The smallest absolute Gasteiger partial charge is 0.0640 e. The van der Waals surface area contributed by atoms with Gasteiger partial charge in [-0.15, -0.1) is 0 Å². The minimum atomic E-state index is 0.240. The van der Waals surface area contributed by atoms with Crippen LogP contribution in [-0.4, -0.2) is 0 Å². The molecule has 2 heteroatoms. The Morgan fingerprint density at radius 2 is 1.81 bits per heavy atom. The fraction of sp³-hybridized carbons (Fsp3) is 0.368. The van der Waals surface area contributed by atoms with Gasteiger partial charge >= 0.3 is 0 Å². The Morgan fingerprint density at radius 1 is 1.10 bits per heavy atom. The molecule has 0 aliphatic rings. The molecule has 0 aromatic heterocycles. The molecule has 21 heavy (non-hydrogen) atoms. The second kappa shape index (κ2) is 7.51. The number of rotatable bonds is 6. The molecule has 2 rings (SSSR count). The quantitative estimate of drug-likeness (QED) is 0.673. The van der Waals surface area contributed by atoms with Crippen molar-refractivity contribution in [3.05, 3.63) is 64.2 Å². The van der Waals surface area contributed by atoms with E-state index < -0.39 is 0 Å². The first-order valence-corrected chi connectivity index (χ1v) is 8.10. The van der Waals surface area contributed by atoms with E-state index in [2.05, 4.69) is 56.4 Å². The number of para-hydroxylation sites is 1. The van der Waals surface area contributed by atoms with Crippen LogP contribution in [0.15, 0.2) is 42.5 Å². The summed E-state index contributed by atoms with van der Waals surface area (Å²) in [4.78, 5) is 0. The third-order valence-corrected chi connectivity index (χ3v) is 4.20. The highest BCUT2D eigenvalue weighted by Crippen LogP contribution is 2.29. The van der Waals surface area contributed by atoms with Gasteiger partial charge in [-0.25, -0.2) is 0 Å². The first-order chi connectivity index (χ1) is 10.1. The number of hydrogen-bond donors (Lipinski definition) is 1. The summed E-state index contributed by atoms with van der Waals surface area (Å²) in [5.41, 5.74) is 4.91. The van der Waals surface area contributed by atoms with E-state index in [9.17, 15) is 0 Å². The highest BCUT2D eigenvalue weighted by atomic mass is 35.5. The van der Waals surface area contributed by atoms with Crippen molar-refractivity contribution in [3.8, 4) is 0 Å². The highest BCUT2D eigenvalue weighted by Gasteiger charge is 2.09. The molecule has 0 aliphatic carbocycles. The lowest BCUT2D eigenvalue weighted by atomic mass is 10.0. The van der Waals surface area contributed by atoms with Crippen LogP contribution in [0, 0.1) is 6.92 Å². The molecular weight excluding hydrogens is 278 g/mol. The van der Waals surface area contributed by atoms with Gasteiger partial charge in [0.05, 0.1) is 10.7 Å². The van der Waals surface area contributed by atoms with Crippen molar-refractivity contribution in [2.75, 3.05) is 5.32 Å². The standard InChI is InChI=1S/C19H24ClN/c1-4-5-8-16-10-12-17(13-11-16)15(3)21-19-14(2)7-6-9-18(19)20/h6-7,9-13,15,21H,4-5,8H2,1-3H3. The maximum absolute atomic E-state index is 6.28. The van der Waals surface area contributed by atoms with Gasteiger partial charge in [-0.05, 0) is 49.4 Å². The monoisotopic (exact) mass is 301 g/mol. The van der Waals surface area contributed by atoms with E-state index in [1.54, 1.807) is 0 Å². The molecular formula is C19H24ClN. The van der Waals surface area contributed by atoms with E-state index in [0.717, 1.165) is 10.7 Å². The van der Waals surface area contributed by atoms with Gasteiger partial charge in [0.1, 0.15) is 0 Å². The van der Waals surface area contributed by atoms with E-state index >= 15 is 0 Å². The molecule has 1 nitrogen and oxygen atoms in total. The highest BCUT2D eigenvalue weighted by molar-refractivity contribution is 6.33. The molecule has 0 saturated carbocycles. The first-order valence-electron chi connectivity index (χ1n) is 7.72. The van der Waals surface area contributed by atoms with Gasteiger partial charge in [0.15, 0.2) is 0 Å². The van der Waals surface area contributed by atoms with Crippen LogP contribution in [0.25, 0.3) is 0 Å². The van der Waals surface area contributed by atoms with Gasteiger partial charge in [0.2, 0.25) is 0 Å². The number of nitrogens with one attached hydrogen (secondary N) is 1. The molecule has 0 amide bonds. The Bertz CT molecular complexity index is 554. The van der Waals surface area contributed by atoms with Crippen LogP contribution in [-0.2, 0) is 6.42 Å². The summed E-state index contributed by atoms with van der Waals surface area (Å²) in [5, 5.41) is 4.30. The second-order valence-electron chi connectivity index (χ2n) is 5.64. The van der Waals surface area contributed by atoms with Crippen molar-refractivity contribution in [2.45, 2.75) is 46.1 Å². The van der Waals surface area contributed by atoms with Crippen LogP contribution in [0.2, 0.25) is 5.02 Å². The minimum Gasteiger partial charge on any atom is -0.377 e. The van der Waals surface area contributed by atoms with E-state index in [1.807, 2.05) is 12.1 Å². The van der Waals surface area contributed by atoms with E-state index in [4.69, 9.17) is 11.6 Å². The van der Waals surface area contributed by atoms with Crippen molar-refractivity contribution >= 4 is 17.3 Å². The summed E-state index contributed by atoms with van der Waals surface area (Å²) in [7, 11) is 0. The van der Waals surface area contributed by atoms with E-state index in [1.165, 1.54) is 36.0 Å². The number of benzene rings is 2. The summed E-state index contributed by atoms with van der Waals surface area (Å²) in [5.74, 6) is 0. The molecule has 1 N–H and O–H groups in total. The van der Waals surface area contributed by atoms with Crippen LogP contribution in [0.1, 0.15) is 49.4 Å². The molecule has 0 radical (unpaired) electrons. The molecule has 0 heterocycles. The van der Waals surface area contributed by atoms with Gasteiger partial charge in [-0.1, -0.05) is 61.3 Å². The lowest BCUT2D eigenvalue weighted by Crippen LogP contribution is -2.08. The molecule has 0 spiro atoms. The number of unbranched alkanes of at least 4 members (excludes halogenated alkanes) is 1. The molecule has 1 atom stereocenters. The zero-order valence-corrected chi connectivity index (χ0v) is 13.9. The maximum Gasteiger partial charge on any atom is 0.0640 e. The fourth-order valence-corrected chi connectivity index (χ4v) is 2.74. The predicted octanol–water partition coefficient (Wildman–Crippen LogP) is 6.16. The van der Waals surface area contributed by atoms with Gasteiger partial charge in [0, 0.05) is 6.04 Å². The average molecular weight is 302 g/mol. The van der Waals surface area contributed by atoms with Crippen LogP contribution in [0.5, 0.6) is 0 Å². The Kier molecular flexibility index (Phi) is 5.69. The zero-order chi connectivity index (χ0) is 15.2.